The van der Waals surface area contributed by atoms with Gasteiger partial charge in [-0.2, -0.15) is 0 Å². The minimum Gasteiger partial charge on any atom is -0.486 e. The van der Waals surface area contributed by atoms with Crippen molar-refractivity contribution in [3.63, 3.8) is 0 Å². The summed E-state index contributed by atoms with van der Waals surface area (Å²) in [5.74, 6) is 1.50. The molecule has 1 atom stereocenters. The van der Waals surface area contributed by atoms with Gasteiger partial charge in [-0.15, -0.1) is 0 Å². The summed E-state index contributed by atoms with van der Waals surface area (Å²) >= 11 is 0. The van der Waals surface area contributed by atoms with Gasteiger partial charge in [-0.05, 0) is 32.1 Å². The lowest BCUT2D eigenvalue weighted by Crippen LogP contribution is -2.47. The second-order valence-electron chi connectivity index (χ2n) is 5.83. The van der Waals surface area contributed by atoms with Gasteiger partial charge in [0.2, 0.25) is 0 Å². The number of ether oxygens (including phenoxy) is 2. The summed E-state index contributed by atoms with van der Waals surface area (Å²) in [5.41, 5.74) is 0. The van der Waals surface area contributed by atoms with E-state index in [0.29, 0.717) is 13.2 Å². The highest BCUT2D eigenvalue weighted by atomic mass is 16.6. The lowest BCUT2D eigenvalue weighted by molar-refractivity contribution is 0.0902. The van der Waals surface area contributed by atoms with Gasteiger partial charge >= 0.3 is 6.03 Å². The van der Waals surface area contributed by atoms with Crippen molar-refractivity contribution in [3.8, 4) is 11.5 Å². The maximum atomic E-state index is 12.2. The van der Waals surface area contributed by atoms with E-state index in [9.17, 15) is 4.79 Å². The van der Waals surface area contributed by atoms with Crippen molar-refractivity contribution in [1.29, 1.82) is 0 Å². The van der Waals surface area contributed by atoms with Crippen molar-refractivity contribution in [1.82, 2.24) is 15.1 Å². The second-order valence-corrected chi connectivity index (χ2v) is 5.83. The average Bonchev–Trinajstić information content (AvgIpc) is 2.77. The molecule has 2 aliphatic heterocycles. The number of urea groups is 1. The Labute approximate surface area is 131 Å². The topological polar surface area (TPSA) is 54.0 Å². The first-order valence-corrected chi connectivity index (χ1v) is 7.82. The van der Waals surface area contributed by atoms with E-state index in [2.05, 4.69) is 17.3 Å². The third-order valence-corrected chi connectivity index (χ3v) is 4.06. The second kappa shape index (κ2) is 6.87. The Kier molecular flexibility index (Phi) is 4.68. The van der Waals surface area contributed by atoms with E-state index >= 15 is 0 Å². The Morgan fingerprint density at radius 2 is 2.05 bits per heavy atom. The standard InChI is InChI=1S/C16H23N3O3/c1-18-7-4-8-19(10-9-18)16(20)17-11-13-12-21-14-5-2-3-6-15(14)22-13/h2-3,5-6,13H,4,7-12H2,1H3,(H,17,20). The zero-order chi connectivity index (χ0) is 15.4. The molecule has 2 heterocycles. The lowest BCUT2D eigenvalue weighted by atomic mass is 10.2. The van der Waals surface area contributed by atoms with E-state index in [4.69, 9.17) is 9.47 Å². The zero-order valence-electron chi connectivity index (χ0n) is 13.0. The monoisotopic (exact) mass is 305 g/mol. The minimum absolute atomic E-state index is 0.0160. The van der Waals surface area contributed by atoms with Crippen LogP contribution in [0.2, 0.25) is 0 Å². The number of hydrogen-bond donors (Lipinski definition) is 1. The van der Waals surface area contributed by atoms with Crippen molar-refractivity contribution in [3.05, 3.63) is 24.3 Å². The van der Waals surface area contributed by atoms with Gasteiger partial charge in [0.1, 0.15) is 6.61 Å². The zero-order valence-corrected chi connectivity index (χ0v) is 13.0. The molecule has 0 radical (unpaired) electrons. The summed E-state index contributed by atoms with van der Waals surface area (Å²) < 4.78 is 11.5. The van der Waals surface area contributed by atoms with Crippen molar-refractivity contribution in [2.45, 2.75) is 12.5 Å². The highest BCUT2D eigenvalue weighted by Crippen LogP contribution is 2.30. The molecule has 1 saturated heterocycles. The molecule has 2 aliphatic rings. The van der Waals surface area contributed by atoms with Gasteiger partial charge in [0, 0.05) is 19.6 Å². The first-order chi connectivity index (χ1) is 10.7. The molecule has 2 amide bonds. The normalized spacial score (nSPS) is 22.0. The Hall–Kier alpha value is -1.95. The molecule has 0 aliphatic carbocycles. The third-order valence-electron chi connectivity index (χ3n) is 4.06. The van der Waals surface area contributed by atoms with E-state index in [1.54, 1.807) is 0 Å². The van der Waals surface area contributed by atoms with Crippen LogP contribution in [0, 0.1) is 0 Å². The van der Waals surface area contributed by atoms with Gasteiger partial charge in [-0.25, -0.2) is 4.79 Å². The fraction of sp³-hybridized carbons (Fsp3) is 0.562. The maximum absolute atomic E-state index is 12.2. The summed E-state index contributed by atoms with van der Waals surface area (Å²) in [6.07, 6.45) is 0.869. The summed E-state index contributed by atoms with van der Waals surface area (Å²) in [5, 5.41) is 2.96. The molecule has 0 aromatic heterocycles. The van der Waals surface area contributed by atoms with E-state index in [1.165, 1.54) is 0 Å². The number of nitrogens with one attached hydrogen (secondary N) is 1. The SMILES string of the molecule is CN1CCCN(C(=O)NCC2COc3ccccc3O2)CC1. The van der Waals surface area contributed by atoms with Crippen molar-refractivity contribution in [2.75, 3.05) is 46.4 Å². The van der Waals surface area contributed by atoms with Gasteiger partial charge in [0.15, 0.2) is 17.6 Å². The third kappa shape index (κ3) is 3.62. The van der Waals surface area contributed by atoms with Gasteiger partial charge in [0.25, 0.3) is 0 Å². The van der Waals surface area contributed by atoms with E-state index < -0.39 is 0 Å². The summed E-state index contributed by atoms with van der Waals surface area (Å²) in [6, 6.07) is 7.58. The first kappa shape index (κ1) is 15.0. The lowest BCUT2D eigenvalue weighted by Gasteiger charge is -2.28. The van der Waals surface area contributed by atoms with Gasteiger partial charge in [-0.1, -0.05) is 12.1 Å². The molecule has 0 bridgehead atoms. The quantitative estimate of drug-likeness (QED) is 0.891. The molecule has 0 saturated carbocycles. The van der Waals surface area contributed by atoms with E-state index in [1.807, 2.05) is 29.2 Å². The minimum atomic E-state index is -0.145. The van der Waals surface area contributed by atoms with Gasteiger partial charge in [-0.3, -0.25) is 0 Å². The van der Waals surface area contributed by atoms with Crippen LogP contribution >= 0.6 is 0 Å². The van der Waals surface area contributed by atoms with Crippen LogP contribution in [0.15, 0.2) is 24.3 Å². The Morgan fingerprint density at radius 3 is 2.91 bits per heavy atom. The number of para-hydroxylation sites is 2. The van der Waals surface area contributed by atoms with E-state index in [0.717, 1.165) is 44.1 Å². The van der Waals surface area contributed by atoms with Crippen LogP contribution in [0.3, 0.4) is 0 Å². The Morgan fingerprint density at radius 1 is 1.23 bits per heavy atom. The number of carbonyl (C=O) groups excluding carboxylic acids is 1. The summed E-state index contributed by atoms with van der Waals surface area (Å²) in [4.78, 5) is 16.4. The molecule has 1 fully saturated rings. The van der Waals surface area contributed by atoms with Gasteiger partial charge in [0.05, 0.1) is 6.54 Å². The van der Waals surface area contributed by atoms with Crippen LogP contribution in [0.1, 0.15) is 6.42 Å². The Balaban J connectivity index is 1.47. The number of hydrogen-bond acceptors (Lipinski definition) is 4. The molecule has 0 spiro atoms. The molecular weight excluding hydrogens is 282 g/mol. The van der Waals surface area contributed by atoms with Crippen molar-refractivity contribution in [2.24, 2.45) is 0 Å². The van der Waals surface area contributed by atoms with Crippen LogP contribution in [-0.2, 0) is 0 Å². The predicted molar refractivity (Wildman–Crippen MR) is 83.4 cm³/mol. The van der Waals surface area contributed by atoms with Gasteiger partial charge < -0.3 is 24.6 Å². The molecule has 1 unspecified atom stereocenters. The molecule has 120 valence electrons. The highest BCUT2D eigenvalue weighted by molar-refractivity contribution is 5.74. The van der Waals surface area contributed by atoms with Crippen LogP contribution in [-0.4, -0.2) is 68.3 Å². The largest absolute Gasteiger partial charge is 0.486 e. The fourth-order valence-electron chi connectivity index (χ4n) is 2.73. The average molecular weight is 305 g/mol. The van der Waals surface area contributed by atoms with E-state index in [-0.39, 0.29) is 12.1 Å². The number of carbonyl (C=O) groups is 1. The van der Waals surface area contributed by atoms with Crippen molar-refractivity contribution >= 4 is 6.03 Å². The smallest absolute Gasteiger partial charge is 0.317 e. The number of benzene rings is 1. The molecule has 22 heavy (non-hydrogen) atoms. The summed E-state index contributed by atoms with van der Waals surface area (Å²) in [7, 11) is 2.09. The molecule has 1 aromatic carbocycles. The molecule has 1 aromatic rings. The fourth-order valence-corrected chi connectivity index (χ4v) is 2.73. The maximum Gasteiger partial charge on any atom is 0.317 e. The number of rotatable bonds is 2. The number of fused-ring (bicyclic) bond motifs is 1. The van der Waals surface area contributed by atoms with Crippen LogP contribution in [0.25, 0.3) is 0 Å². The van der Waals surface area contributed by atoms with Crippen LogP contribution in [0.5, 0.6) is 11.5 Å². The number of likely N-dealkylation sites (N-methyl/N-ethyl adjacent to an activating group) is 1. The molecule has 3 rings (SSSR count). The summed E-state index contributed by atoms with van der Waals surface area (Å²) in [6.45, 7) is 4.46. The number of amides is 2. The molecule has 6 heteroatoms. The molecule has 6 nitrogen and oxygen atoms in total. The predicted octanol–water partition coefficient (Wildman–Crippen LogP) is 1.17. The van der Waals surface area contributed by atoms with Crippen molar-refractivity contribution < 1.29 is 14.3 Å². The van der Waals surface area contributed by atoms with Crippen LogP contribution in [0.4, 0.5) is 4.79 Å². The highest BCUT2D eigenvalue weighted by Gasteiger charge is 2.23. The first-order valence-electron chi connectivity index (χ1n) is 7.82. The molecule has 1 N–H and O–H groups in total. The van der Waals surface area contributed by atoms with Crippen LogP contribution < -0.4 is 14.8 Å². The number of nitrogens with zero attached hydrogens (tertiary/aromatic N) is 2. The Bertz CT molecular complexity index is 523. The molecular formula is C16H23N3O3.